The summed E-state index contributed by atoms with van der Waals surface area (Å²) >= 11 is 0. The zero-order chi connectivity index (χ0) is 15.4. The van der Waals surface area contributed by atoms with Crippen molar-refractivity contribution in [3.8, 4) is 0 Å². The van der Waals surface area contributed by atoms with Crippen LogP contribution in [0.4, 0.5) is 23.7 Å². The van der Waals surface area contributed by atoms with Crippen molar-refractivity contribution in [1.29, 1.82) is 0 Å². The number of rotatable bonds is 3. The molecule has 0 spiro atoms. The Morgan fingerprint density at radius 2 is 1.71 bits per heavy atom. The van der Waals surface area contributed by atoms with Crippen molar-refractivity contribution in [2.45, 2.75) is 13.5 Å². The van der Waals surface area contributed by atoms with Gasteiger partial charge in [-0.2, -0.15) is 0 Å². The lowest BCUT2D eigenvalue weighted by Crippen LogP contribution is -2.28. The summed E-state index contributed by atoms with van der Waals surface area (Å²) in [6.07, 6.45) is 0. The molecule has 3 nitrogen and oxygen atoms in total. The second kappa shape index (κ2) is 6.30. The molecular formula is C15H13F3N2O. The van der Waals surface area contributed by atoms with Gasteiger partial charge in [0.1, 0.15) is 17.5 Å². The smallest absolute Gasteiger partial charge is 0.319 e. The fourth-order valence-electron chi connectivity index (χ4n) is 1.77. The molecule has 2 aromatic carbocycles. The zero-order valence-corrected chi connectivity index (χ0v) is 11.2. The van der Waals surface area contributed by atoms with Crippen LogP contribution in [0, 0.1) is 24.4 Å². The Bertz CT molecular complexity index is 674. The van der Waals surface area contributed by atoms with E-state index in [4.69, 9.17) is 0 Å². The van der Waals surface area contributed by atoms with Gasteiger partial charge in [0, 0.05) is 12.6 Å². The number of hydrogen-bond acceptors (Lipinski definition) is 1. The molecule has 0 aliphatic rings. The molecule has 110 valence electrons. The van der Waals surface area contributed by atoms with Crippen molar-refractivity contribution in [1.82, 2.24) is 5.32 Å². The Morgan fingerprint density at radius 1 is 1.05 bits per heavy atom. The van der Waals surface area contributed by atoms with E-state index in [1.54, 1.807) is 13.0 Å². The minimum atomic E-state index is -0.742. The molecule has 2 rings (SSSR count). The maximum Gasteiger partial charge on any atom is 0.319 e. The molecule has 6 heteroatoms. The molecule has 2 amide bonds. The highest BCUT2D eigenvalue weighted by atomic mass is 19.1. The van der Waals surface area contributed by atoms with Gasteiger partial charge >= 0.3 is 6.03 Å². The van der Waals surface area contributed by atoms with Crippen LogP contribution in [-0.2, 0) is 6.54 Å². The van der Waals surface area contributed by atoms with Crippen LogP contribution in [0.15, 0.2) is 36.4 Å². The molecule has 0 saturated heterocycles. The van der Waals surface area contributed by atoms with Crippen LogP contribution < -0.4 is 10.6 Å². The van der Waals surface area contributed by atoms with Gasteiger partial charge in [-0.3, -0.25) is 0 Å². The molecular weight excluding hydrogens is 281 g/mol. The van der Waals surface area contributed by atoms with Crippen LogP contribution in [0.5, 0.6) is 0 Å². The standard InChI is InChI=1S/C15H13F3N2O/c1-9-2-3-11(16)6-10(9)8-19-15(21)20-14-7-12(17)4-5-13(14)18/h2-7H,8H2,1H3,(H2,19,20,21). The lowest BCUT2D eigenvalue weighted by Gasteiger charge is -2.10. The fourth-order valence-corrected chi connectivity index (χ4v) is 1.77. The van der Waals surface area contributed by atoms with Crippen LogP contribution in [0.3, 0.4) is 0 Å². The summed E-state index contributed by atoms with van der Waals surface area (Å²) in [5, 5.41) is 4.65. The van der Waals surface area contributed by atoms with E-state index < -0.39 is 23.5 Å². The van der Waals surface area contributed by atoms with Gasteiger partial charge in [-0.1, -0.05) is 6.07 Å². The molecule has 0 bridgehead atoms. The molecule has 0 aromatic heterocycles. The second-order valence-corrected chi connectivity index (χ2v) is 4.50. The fraction of sp³-hybridized carbons (Fsp3) is 0.133. The summed E-state index contributed by atoms with van der Waals surface area (Å²) in [7, 11) is 0. The Balaban J connectivity index is 1.99. The largest absolute Gasteiger partial charge is 0.334 e. The minimum Gasteiger partial charge on any atom is -0.334 e. The van der Waals surface area contributed by atoms with Crippen molar-refractivity contribution >= 4 is 11.7 Å². The highest BCUT2D eigenvalue weighted by molar-refractivity contribution is 5.89. The minimum absolute atomic E-state index is 0.0758. The molecule has 21 heavy (non-hydrogen) atoms. The highest BCUT2D eigenvalue weighted by Crippen LogP contribution is 2.15. The van der Waals surface area contributed by atoms with E-state index in [0.29, 0.717) is 5.56 Å². The quantitative estimate of drug-likeness (QED) is 0.889. The van der Waals surface area contributed by atoms with Crippen molar-refractivity contribution < 1.29 is 18.0 Å². The van der Waals surface area contributed by atoms with Crippen LogP contribution in [0.25, 0.3) is 0 Å². The van der Waals surface area contributed by atoms with E-state index in [1.165, 1.54) is 12.1 Å². The number of hydrogen-bond donors (Lipinski definition) is 2. The maximum absolute atomic E-state index is 13.4. The third-order valence-electron chi connectivity index (χ3n) is 2.93. The molecule has 2 aromatic rings. The number of aryl methyl sites for hydroxylation is 1. The van der Waals surface area contributed by atoms with E-state index >= 15 is 0 Å². The van der Waals surface area contributed by atoms with E-state index in [1.807, 2.05) is 0 Å². The number of benzene rings is 2. The molecule has 0 aliphatic carbocycles. The predicted octanol–water partition coefficient (Wildman–Crippen LogP) is 3.73. The maximum atomic E-state index is 13.4. The lowest BCUT2D eigenvalue weighted by atomic mass is 10.1. The molecule has 0 aliphatic heterocycles. The zero-order valence-electron chi connectivity index (χ0n) is 11.2. The summed E-state index contributed by atoms with van der Waals surface area (Å²) in [4.78, 5) is 11.6. The monoisotopic (exact) mass is 294 g/mol. The Hall–Kier alpha value is -2.50. The number of carbonyl (C=O) groups excluding carboxylic acids is 1. The molecule has 0 radical (unpaired) electrons. The summed E-state index contributed by atoms with van der Waals surface area (Å²) in [6.45, 7) is 1.85. The topological polar surface area (TPSA) is 41.1 Å². The van der Waals surface area contributed by atoms with E-state index in [9.17, 15) is 18.0 Å². The Labute approximate surface area is 119 Å². The van der Waals surface area contributed by atoms with Gasteiger partial charge in [-0.25, -0.2) is 18.0 Å². The van der Waals surface area contributed by atoms with Gasteiger partial charge in [0.2, 0.25) is 0 Å². The van der Waals surface area contributed by atoms with Gasteiger partial charge in [0.05, 0.1) is 5.69 Å². The number of urea groups is 1. The molecule has 0 atom stereocenters. The second-order valence-electron chi connectivity index (χ2n) is 4.50. The van der Waals surface area contributed by atoms with Crippen LogP contribution in [0.1, 0.15) is 11.1 Å². The number of amides is 2. The normalized spacial score (nSPS) is 10.3. The Morgan fingerprint density at radius 3 is 2.48 bits per heavy atom. The third kappa shape index (κ3) is 3.98. The average molecular weight is 294 g/mol. The lowest BCUT2D eigenvalue weighted by molar-refractivity contribution is 0.251. The number of carbonyl (C=O) groups is 1. The third-order valence-corrected chi connectivity index (χ3v) is 2.93. The summed E-state index contributed by atoms with van der Waals surface area (Å²) in [5.41, 5.74) is 1.15. The van der Waals surface area contributed by atoms with Gasteiger partial charge in [0.25, 0.3) is 0 Å². The Kier molecular flexibility index (Phi) is 4.47. The molecule has 2 N–H and O–H groups in total. The van der Waals surface area contributed by atoms with Crippen LogP contribution >= 0.6 is 0 Å². The first kappa shape index (κ1) is 14.9. The van der Waals surface area contributed by atoms with E-state index in [-0.39, 0.29) is 12.2 Å². The molecule has 0 fully saturated rings. The predicted molar refractivity (Wildman–Crippen MR) is 73.4 cm³/mol. The SMILES string of the molecule is Cc1ccc(F)cc1CNC(=O)Nc1cc(F)ccc1F. The summed E-state index contributed by atoms with van der Waals surface area (Å²) in [6, 6.07) is 6.26. The van der Waals surface area contributed by atoms with Gasteiger partial charge < -0.3 is 10.6 Å². The van der Waals surface area contributed by atoms with E-state index in [0.717, 1.165) is 23.8 Å². The van der Waals surface area contributed by atoms with Gasteiger partial charge in [-0.15, -0.1) is 0 Å². The average Bonchev–Trinajstić information content (AvgIpc) is 2.44. The number of nitrogens with one attached hydrogen (secondary N) is 2. The van der Waals surface area contributed by atoms with Crippen molar-refractivity contribution in [2.75, 3.05) is 5.32 Å². The first-order valence-corrected chi connectivity index (χ1v) is 6.20. The number of anilines is 1. The molecule has 0 saturated carbocycles. The first-order chi connectivity index (χ1) is 9.95. The highest BCUT2D eigenvalue weighted by Gasteiger charge is 2.08. The van der Waals surface area contributed by atoms with Crippen LogP contribution in [0.2, 0.25) is 0 Å². The molecule has 0 heterocycles. The number of halogens is 3. The molecule has 0 unspecified atom stereocenters. The van der Waals surface area contributed by atoms with Crippen molar-refractivity contribution in [2.24, 2.45) is 0 Å². The van der Waals surface area contributed by atoms with E-state index in [2.05, 4.69) is 10.6 Å². The summed E-state index contributed by atoms with van der Waals surface area (Å²) in [5.74, 6) is -1.81. The van der Waals surface area contributed by atoms with Crippen LogP contribution in [-0.4, -0.2) is 6.03 Å². The van der Waals surface area contributed by atoms with Crippen molar-refractivity contribution in [3.63, 3.8) is 0 Å². The van der Waals surface area contributed by atoms with Crippen molar-refractivity contribution in [3.05, 3.63) is 65.0 Å². The van der Waals surface area contributed by atoms with Gasteiger partial charge in [-0.05, 0) is 42.3 Å². The summed E-state index contributed by atoms with van der Waals surface area (Å²) < 4.78 is 39.4. The first-order valence-electron chi connectivity index (χ1n) is 6.20. The van der Waals surface area contributed by atoms with Gasteiger partial charge in [0.15, 0.2) is 0 Å².